The zero-order chi connectivity index (χ0) is 23.4. The molecule has 2 atom stereocenters. The second kappa shape index (κ2) is 28.4. The Hall–Kier alpha value is -0.597. The van der Waals surface area contributed by atoms with Gasteiger partial charge in [0.15, 0.2) is 0 Å². The molecule has 0 aliphatic heterocycles. The molecule has 30 heavy (non-hydrogen) atoms. The maximum absolute atomic E-state index is 10.3. The fourth-order valence-corrected chi connectivity index (χ4v) is 1.33. The summed E-state index contributed by atoms with van der Waals surface area (Å²) in [5.41, 5.74) is 0. The SMILES string of the molecule is CC(=O)N[C@@H](CS)C(=O)[O-].CC(=O)N[C@@H](CS)C(=O)[O-].CC(=O)[O-].CC(=O)[O-].[Ca+2].[Zn+2]. The van der Waals surface area contributed by atoms with Crippen molar-refractivity contribution in [2.75, 3.05) is 11.5 Å². The number of rotatable bonds is 6. The van der Waals surface area contributed by atoms with E-state index in [1.165, 1.54) is 13.8 Å². The average molecular weight is 548 g/mol. The van der Waals surface area contributed by atoms with Crippen LogP contribution in [0.15, 0.2) is 0 Å². The molecule has 164 valence electrons. The summed E-state index contributed by atoms with van der Waals surface area (Å²) in [5, 5.41) is 42.3. The van der Waals surface area contributed by atoms with Crippen molar-refractivity contribution in [1.82, 2.24) is 10.6 Å². The first-order chi connectivity index (χ1) is 12.6. The molecular weight excluding hydrogens is 526 g/mol. The van der Waals surface area contributed by atoms with Crippen molar-refractivity contribution in [3.63, 3.8) is 0 Å². The number of carbonyl (C=O) groups excluding carboxylic acids is 6. The summed E-state index contributed by atoms with van der Waals surface area (Å²) in [5.74, 6) is -5.51. The molecule has 0 aliphatic carbocycles. The van der Waals surface area contributed by atoms with Gasteiger partial charge in [-0.1, -0.05) is 0 Å². The van der Waals surface area contributed by atoms with Gasteiger partial charge in [0.25, 0.3) is 0 Å². The molecule has 0 rings (SSSR count). The number of carboxylic acid groups (broad SMARTS) is 4. The number of carbonyl (C=O) groups is 6. The molecule has 0 aromatic heterocycles. The van der Waals surface area contributed by atoms with Crippen LogP contribution in [0.1, 0.15) is 27.7 Å². The second-order valence-electron chi connectivity index (χ2n) is 4.49. The summed E-state index contributed by atoms with van der Waals surface area (Å²) in [6, 6.07) is -1.97. The van der Waals surface area contributed by atoms with Crippen LogP contribution in [-0.4, -0.2) is 97.0 Å². The number of aliphatic carboxylic acids is 4. The number of thiol groups is 2. The Labute approximate surface area is 227 Å². The molecule has 0 unspecified atom stereocenters. The molecule has 0 saturated carbocycles. The van der Waals surface area contributed by atoms with Crippen molar-refractivity contribution in [3.05, 3.63) is 0 Å². The molecular formula is C14H22CaN2O10S2Zn. The standard InChI is InChI=1S/2C5H9NO3S.2C2H4O2.Ca.Zn/c2*1-3(7)6-4(2-10)5(8)9;2*1-2(3)4;;/h2*4,10H,2H2,1H3,(H,6,7)(H,8,9);2*1H3,(H,3,4);;/q;;;;2*+2/p-4/t2*4-;;;;/m00..../s1. The molecule has 0 radical (unpaired) electrons. The van der Waals surface area contributed by atoms with E-state index >= 15 is 0 Å². The van der Waals surface area contributed by atoms with Crippen molar-refractivity contribution < 1.29 is 68.7 Å². The zero-order valence-electron chi connectivity index (χ0n) is 17.0. The second-order valence-corrected chi connectivity index (χ2v) is 5.22. The maximum atomic E-state index is 10.3. The van der Waals surface area contributed by atoms with Crippen LogP contribution in [-0.2, 0) is 48.2 Å². The minimum atomic E-state index is -1.31. The Morgan fingerprint density at radius 3 is 0.867 bits per heavy atom. The van der Waals surface area contributed by atoms with Crippen molar-refractivity contribution in [2.24, 2.45) is 0 Å². The van der Waals surface area contributed by atoms with E-state index in [0.717, 1.165) is 13.8 Å². The molecule has 0 aromatic rings. The van der Waals surface area contributed by atoms with Gasteiger partial charge in [0.1, 0.15) is 0 Å². The third kappa shape index (κ3) is 50.7. The van der Waals surface area contributed by atoms with Gasteiger partial charge < -0.3 is 50.2 Å². The molecule has 0 heterocycles. The van der Waals surface area contributed by atoms with Gasteiger partial charge in [0.05, 0.1) is 24.0 Å². The van der Waals surface area contributed by atoms with Gasteiger partial charge in [-0.25, -0.2) is 0 Å². The van der Waals surface area contributed by atoms with Crippen molar-refractivity contribution in [3.8, 4) is 0 Å². The predicted octanol–water partition coefficient (Wildman–Crippen LogP) is -6.53. The molecule has 0 aromatic carbocycles. The van der Waals surface area contributed by atoms with Gasteiger partial charge in [-0.15, -0.1) is 0 Å². The summed E-state index contributed by atoms with van der Waals surface area (Å²) in [6.07, 6.45) is 0. The van der Waals surface area contributed by atoms with E-state index in [4.69, 9.17) is 19.8 Å². The monoisotopic (exact) mass is 546 g/mol. The van der Waals surface area contributed by atoms with E-state index in [1.807, 2.05) is 0 Å². The molecule has 0 spiro atoms. The third-order valence-electron chi connectivity index (χ3n) is 1.69. The fraction of sp³-hybridized carbons (Fsp3) is 0.571. The third-order valence-corrected chi connectivity index (χ3v) is 2.42. The van der Waals surface area contributed by atoms with Gasteiger partial charge in [-0.2, -0.15) is 25.3 Å². The number of hydrogen-bond donors (Lipinski definition) is 4. The summed E-state index contributed by atoms with van der Waals surface area (Å²) in [6.45, 7) is 4.42. The molecule has 16 heteroatoms. The van der Waals surface area contributed by atoms with E-state index < -0.39 is 47.8 Å². The Morgan fingerprint density at radius 2 is 0.833 bits per heavy atom. The van der Waals surface area contributed by atoms with E-state index in [0.29, 0.717) is 0 Å². The molecule has 2 amide bonds. The Kier molecular flexibility index (Phi) is 41.0. The van der Waals surface area contributed by atoms with Gasteiger partial charge in [0, 0.05) is 37.3 Å². The number of nitrogens with one attached hydrogen (secondary N) is 2. The van der Waals surface area contributed by atoms with Crippen LogP contribution in [0, 0.1) is 0 Å². The van der Waals surface area contributed by atoms with E-state index in [2.05, 4.69) is 35.9 Å². The van der Waals surface area contributed by atoms with Crippen molar-refractivity contribution in [2.45, 2.75) is 39.8 Å². The van der Waals surface area contributed by atoms with Gasteiger partial charge in [0.2, 0.25) is 11.8 Å². The average Bonchev–Trinajstić information content (AvgIpc) is 2.48. The van der Waals surface area contributed by atoms with E-state index in [9.17, 15) is 29.4 Å². The minimum Gasteiger partial charge on any atom is -0.550 e. The zero-order valence-corrected chi connectivity index (χ0v) is 23.9. The Bertz CT molecular complexity index is 487. The van der Waals surface area contributed by atoms with Gasteiger partial charge >= 0.3 is 57.2 Å². The fourth-order valence-electron chi connectivity index (χ4n) is 0.849. The van der Waals surface area contributed by atoms with Crippen LogP contribution in [0.2, 0.25) is 0 Å². The first-order valence-corrected chi connectivity index (χ1v) is 8.41. The van der Waals surface area contributed by atoms with Gasteiger partial charge in [-0.3, -0.25) is 9.59 Å². The summed E-state index contributed by atoms with van der Waals surface area (Å²) in [7, 11) is 0. The Morgan fingerprint density at radius 1 is 0.667 bits per heavy atom. The molecule has 2 N–H and O–H groups in total. The van der Waals surface area contributed by atoms with Crippen molar-refractivity contribution >= 4 is 98.7 Å². The summed E-state index contributed by atoms with van der Waals surface area (Å²) < 4.78 is 0. The van der Waals surface area contributed by atoms with Crippen molar-refractivity contribution in [1.29, 1.82) is 0 Å². The number of carboxylic acids is 4. The van der Waals surface area contributed by atoms with Gasteiger partial charge in [-0.05, 0) is 13.8 Å². The maximum Gasteiger partial charge on any atom is 2.00 e. The number of amides is 2. The minimum absolute atomic E-state index is 0. The first kappa shape index (κ1) is 43.3. The van der Waals surface area contributed by atoms with Crippen LogP contribution in [0.3, 0.4) is 0 Å². The first-order valence-electron chi connectivity index (χ1n) is 7.14. The predicted molar refractivity (Wildman–Crippen MR) is 100 cm³/mol. The van der Waals surface area contributed by atoms with Crippen LogP contribution in [0.4, 0.5) is 0 Å². The molecule has 0 aliphatic rings. The Balaban J connectivity index is -0.0000000678. The normalized spacial score (nSPS) is 9.80. The largest absolute Gasteiger partial charge is 2.00 e. The molecule has 0 saturated heterocycles. The number of hydrogen-bond acceptors (Lipinski definition) is 12. The quantitative estimate of drug-likeness (QED) is 0.182. The van der Waals surface area contributed by atoms with E-state index in [1.54, 1.807) is 0 Å². The van der Waals surface area contributed by atoms with Crippen LogP contribution < -0.4 is 31.1 Å². The van der Waals surface area contributed by atoms with Crippen LogP contribution >= 0.6 is 25.3 Å². The van der Waals surface area contributed by atoms with Crippen LogP contribution in [0.5, 0.6) is 0 Å². The van der Waals surface area contributed by atoms with Crippen LogP contribution in [0.25, 0.3) is 0 Å². The summed E-state index contributed by atoms with van der Waals surface area (Å²) in [4.78, 5) is 58.5. The summed E-state index contributed by atoms with van der Waals surface area (Å²) >= 11 is 7.39. The molecule has 0 fully saturated rings. The van der Waals surface area contributed by atoms with E-state index in [-0.39, 0.29) is 68.7 Å². The smallest absolute Gasteiger partial charge is 0.550 e. The molecule has 0 bridgehead atoms. The molecule has 12 nitrogen and oxygen atoms in total. The topological polar surface area (TPSA) is 219 Å².